The minimum atomic E-state index is -0.143. The number of carbonyl (C=O) groups excluding carboxylic acids is 2. The summed E-state index contributed by atoms with van der Waals surface area (Å²) in [4.78, 5) is 27.5. The van der Waals surface area contributed by atoms with Crippen molar-refractivity contribution in [2.24, 2.45) is 23.7 Å². The van der Waals surface area contributed by atoms with Gasteiger partial charge in [-0.15, -0.1) is 0 Å². The van der Waals surface area contributed by atoms with Gasteiger partial charge in [0.2, 0.25) is 11.8 Å². The molecule has 0 unspecified atom stereocenters. The van der Waals surface area contributed by atoms with Crippen LogP contribution in [0.15, 0.2) is 54.1 Å². The highest BCUT2D eigenvalue weighted by Gasteiger charge is 2.61. The van der Waals surface area contributed by atoms with Crippen molar-refractivity contribution in [1.82, 2.24) is 0 Å². The van der Waals surface area contributed by atoms with Crippen LogP contribution in [0.1, 0.15) is 13.3 Å². The highest BCUT2D eigenvalue weighted by Crippen LogP contribution is 2.56. The van der Waals surface area contributed by atoms with E-state index in [4.69, 9.17) is 0 Å². The molecule has 2 aliphatic carbocycles. The number of nitrogens with zero attached hydrogens (tertiary/aromatic N) is 1. The molecule has 0 radical (unpaired) electrons. The van der Waals surface area contributed by atoms with E-state index in [0.717, 1.165) is 22.9 Å². The van der Waals surface area contributed by atoms with E-state index in [0.29, 0.717) is 0 Å². The third-order valence-corrected chi connectivity index (χ3v) is 5.89. The molecule has 1 aliphatic heterocycles. The van der Waals surface area contributed by atoms with Gasteiger partial charge < -0.3 is 0 Å². The molecular formula is C20H17NO2. The van der Waals surface area contributed by atoms with Crippen molar-refractivity contribution in [2.45, 2.75) is 13.3 Å². The lowest BCUT2D eigenvalue weighted by Crippen LogP contribution is -2.33. The number of hydrogen-bond donors (Lipinski definition) is 0. The lowest BCUT2D eigenvalue weighted by atomic mass is 9.82. The molecule has 0 N–H and O–H groups in total. The molecule has 0 aromatic heterocycles. The number of anilines is 1. The van der Waals surface area contributed by atoms with Crippen LogP contribution >= 0.6 is 0 Å². The van der Waals surface area contributed by atoms with Crippen LogP contribution < -0.4 is 4.90 Å². The first-order valence-electron chi connectivity index (χ1n) is 8.20. The number of amides is 2. The summed E-state index contributed by atoms with van der Waals surface area (Å²) in [6.07, 6.45) is 3.19. The van der Waals surface area contributed by atoms with Gasteiger partial charge in [-0.05, 0) is 36.6 Å². The van der Waals surface area contributed by atoms with Crippen molar-refractivity contribution >= 4 is 28.3 Å². The van der Waals surface area contributed by atoms with Crippen LogP contribution in [0.25, 0.3) is 10.8 Å². The molecule has 23 heavy (non-hydrogen) atoms. The SMILES string of the molecule is CC1=C[C@@H]2C[C@H]1[C@@H]1C(=O)N(c3cccc4ccccc34)C(=O)[C@H]12. The highest BCUT2D eigenvalue weighted by molar-refractivity contribution is 6.25. The molecule has 114 valence electrons. The smallest absolute Gasteiger partial charge is 0.238 e. The molecule has 3 nitrogen and oxygen atoms in total. The van der Waals surface area contributed by atoms with Crippen LogP contribution in [-0.2, 0) is 9.59 Å². The van der Waals surface area contributed by atoms with E-state index in [1.807, 2.05) is 42.5 Å². The van der Waals surface area contributed by atoms with Gasteiger partial charge in [-0.2, -0.15) is 0 Å². The standard InChI is InChI=1S/C20H17NO2/c1-11-9-13-10-15(11)18-17(13)19(22)21(20(18)23)16-8-4-6-12-5-2-3-7-14(12)16/h2-9,13,15,17-18H,10H2,1H3/t13-,15-,17+,18+/m1/s1. The maximum atomic E-state index is 13.1. The number of rotatable bonds is 1. The van der Waals surface area contributed by atoms with Gasteiger partial charge >= 0.3 is 0 Å². The van der Waals surface area contributed by atoms with E-state index >= 15 is 0 Å². The minimum Gasteiger partial charge on any atom is -0.274 e. The zero-order chi connectivity index (χ0) is 15.7. The Bertz CT molecular complexity index is 892. The number of imide groups is 1. The van der Waals surface area contributed by atoms with Gasteiger partial charge in [0.05, 0.1) is 17.5 Å². The van der Waals surface area contributed by atoms with Gasteiger partial charge in [0, 0.05) is 5.39 Å². The average molecular weight is 303 g/mol. The lowest BCUT2D eigenvalue weighted by molar-refractivity contribution is -0.123. The molecule has 4 atom stereocenters. The fourth-order valence-corrected chi connectivity index (χ4v) is 4.92. The number of fused-ring (bicyclic) bond motifs is 6. The monoisotopic (exact) mass is 303 g/mol. The fraction of sp³-hybridized carbons (Fsp3) is 0.300. The second-order valence-electron chi connectivity index (χ2n) is 6.98. The molecule has 2 amide bonds. The molecule has 3 heteroatoms. The maximum absolute atomic E-state index is 13.1. The van der Waals surface area contributed by atoms with Crippen molar-refractivity contribution in [2.75, 3.05) is 4.90 Å². The normalized spacial score (nSPS) is 31.9. The summed E-state index contributed by atoms with van der Waals surface area (Å²) in [6.45, 7) is 2.10. The number of hydrogen-bond acceptors (Lipinski definition) is 2. The first-order chi connectivity index (χ1) is 11.2. The molecule has 1 heterocycles. The first-order valence-corrected chi connectivity index (χ1v) is 8.20. The zero-order valence-corrected chi connectivity index (χ0v) is 12.9. The van der Waals surface area contributed by atoms with Gasteiger partial charge in [-0.1, -0.05) is 48.0 Å². The summed E-state index contributed by atoms with van der Waals surface area (Å²) in [5.41, 5.74) is 2.03. The molecular weight excluding hydrogens is 286 g/mol. The van der Waals surface area contributed by atoms with Gasteiger partial charge in [-0.3, -0.25) is 9.59 Å². The van der Waals surface area contributed by atoms with E-state index in [1.165, 1.54) is 10.5 Å². The van der Waals surface area contributed by atoms with E-state index < -0.39 is 0 Å². The Morgan fingerprint density at radius 1 is 0.957 bits per heavy atom. The van der Waals surface area contributed by atoms with Crippen molar-refractivity contribution in [3.63, 3.8) is 0 Å². The molecule has 2 aromatic rings. The van der Waals surface area contributed by atoms with Gasteiger partial charge in [0.15, 0.2) is 0 Å². The van der Waals surface area contributed by atoms with Crippen LogP contribution in [0.3, 0.4) is 0 Å². The summed E-state index contributed by atoms with van der Waals surface area (Å²) >= 11 is 0. The lowest BCUT2D eigenvalue weighted by Gasteiger charge is -2.20. The van der Waals surface area contributed by atoms with Crippen LogP contribution in [0.4, 0.5) is 5.69 Å². The van der Waals surface area contributed by atoms with E-state index in [1.54, 1.807) is 0 Å². The Morgan fingerprint density at radius 3 is 2.57 bits per heavy atom. The Hall–Kier alpha value is -2.42. The largest absolute Gasteiger partial charge is 0.274 e. The molecule has 2 bridgehead atoms. The van der Waals surface area contributed by atoms with Crippen molar-refractivity contribution in [3.05, 3.63) is 54.1 Å². The molecule has 2 fully saturated rings. The zero-order valence-electron chi connectivity index (χ0n) is 12.9. The van der Waals surface area contributed by atoms with Crippen LogP contribution in [0.2, 0.25) is 0 Å². The third kappa shape index (κ3) is 1.55. The first kappa shape index (κ1) is 13.1. The van der Waals surface area contributed by atoms with E-state index in [9.17, 15) is 9.59 Å². The number of carbonyl (C=O) groups is 2. The molecule has 5 rings (SSSR count). The van der Waals surface area contributed by atoms with E-state index in [2.05, 4.69) is 13.0 Å². The Labute approximate surface area is 134 Å². The second-order valence-corrected chi connectivity index (χ2v) is 6.98. The third-order valence-electron chi connectivity index (χ3n) is 5.89. The van der Waals surface area contributed by atoms with Gasteiger partial charge in [-0.25, -0.2) is 4.90 Å². The molecule has 1 saturated heterocycles. The Balaban J connectivity index is 1.65. The Morgan fingerprint density at radius 2 is 1.70 bits per heavy atom. The number of allylic oxidation sites excluding steroid dienone is 2. The molecule has 2 aromatic carbocycles. The van der Waals surface area contributed by atoms with Crippen LogP contribution in [0, 0.1) is 23.7 Å². The Kier molecular flexibility index (Phi) is 2.45. The predicted octanol–water partition coefficient (Wildman–Crippen LogP) is 3.54. The molecule has 1 saturated carbocycles. The predicted molar refractivity (Wildman–Crippen MR) is 88.8 cm³/mol. The highest BCUT2D eigenvalue weighted by atomic mass is 16.2. The van der Waals surface area contributed by atoms with Crippen molar-refractivity contribution in [3.8, 4) is 0 Å². The second kappa shape index (κ2) is 4.31. The molecule has 3 aliphatic rings. The molecule has 0 spiro atoms. The summed E-state index contributed by atoms with van der Waals surface area (Å²) in [7, 11) is 0. The fourth-order valence-electron chi connectivity index (χ4n) is 4.92. The van der Waals surface area contributed by atoms with Crippen molar-refractivity contribution in [1.29, 1.82) is 0 Å². The maximum Gasteiger partial charge on any atom is 0.238 e. The van der Waals surface area contributed by atoms with Crippen LogP contribution in [-0.4, -0.2) is 11.8 Å². The minimum absolute atomic E-state index is 0.00342. The van der Waals surface area contributed by atoms with Gasteiger partial charge in [0.1, 0.15) is 0 Å². The number of benzene rings is 2. The van der Waals surface area contributed by atoms with Crippen LogP contribution in [0.5, 0.6) is 0 Å². The van der Waals surface area contributed by atoms with Crippen molar-refractivity contribution < 1.29 is 9.59 Å². The van der Waals surface area contributed by atoms with E-state index in [-0.39, 0.29) is 35.5 Å². The summed E-state index contributed by atoms with van der Waals surface area (Å²) < 4.78 is 0. The quantitative estimate of drug-likeness (QED) is 0.597. The topological polar surface area (TPSA) is 37.4 Å². The summed E-state index contributed by atoms with van der Waals surface area (Å²) in [5.74, 6) is 0.221. The summed E-state index contributed by atoms with van der Waals surface area (Å²) in [5, 5.41) is 2.02. The average Bonchev–Trinajstić information content (AvgIpc) is 3.18. The summed E-state index contributed by atoms with van der Waals surface area (Å²) in [6, 6.07) is 13.7. The van der Waals surface area contributed by atoms with Gasteiger partial charge in [0.25, 0.3) is 0 Å².